The number of piperidine rings is 1. The summed E-state index contributed by atoms with van der Waals surface area (Å²) in [6.45, 7) is 7.22. The van der Waals surface area contributed by atoms with Gasteiger partial charge in [-0.1, -0.05) is 24.3 Å². The first-order valence-electron chi connectivity index (χ1n) is 11.5. The molecular weight excluding hydrogens is 423 g/mol. The number of ether oxygens (including phenoxy) is 1. The number of carbonyl (C=O) groups excluding carboxylic acids is 1. The van der Waals surface area contributed by atoms with E-state index in [2.05, 4.69) is 17.0 Å². The van der Waals surface area contributed by atoms with Crippen LogP contribution >= 0.6 is 11.8 Å². The minimum Gasteiger partial charge on any atom is -0.493 e. The number of halogens is 1. The van der Waals surface area contributed by atoms with Crippen LogP contribution in [0.2, 0.25) is 0 Å². The lowest BCUT2D eigenvalue weighted by atomic mass is 9.97. The maximum atomic E-state index is 13.8. The van der Waals surface area contributed by atoms with Gasteiger partial charge in [-0.25, -0.2) is 4.39 Å². The molecule has 0 unspecified atom stereocenters. The van der Waals surface area contributed by atoms with E-state index in [1.165, 1.54) is 0 Å². The van der Waals surface area contributed by atoms with Gasteiger partial charge < -0.3 is 14.5 Å². The Hall–Kier alpha value is -2.05. The third-order valence-corrected chi connectivity index (χ3v) is 7.12. The van der Waals surface area contributed by atoms with Crippen molar-refractivity contribution in [3.05, 3.63) is 54.1 Å². The van der Waals surface area contributed by atoms with E-state index in [0.29, 0.717) is 19.1 Å². The van der Waals surface area contributed by atoms with Gasteiger partial charge >= 0.3 is 0 Å². The van der Waals surface area contributed by atoms with E-state index in [1.54, 1.807) is 25.6 Å². The van der Waals surface area contributed by atoms with Gasteiger partial charge in [0.25, 0.3) is 5.91 Å². The molecule has 0 saturated carbocycles. The normalized spacial score (nSPS) is 18.2. The molecule has 0 spiro atoms. The molecule has 2 aliphatic heterocycles. The molecule has 1 amide bonds. The molecule has 2 saturated heterocycles. The van der Waals surface area contributed by atoms with E-state index in [9.17, 15) is 9.18 Å². The zero-order chi connectivity index (χ0) is 22.6. The topological polar surface area (TPSA) is 32.8 Å². The summed E-state index contributed by atoms with van der Waals surface area (Å²) in [7, 11) is 0. The Kier molecular flexibility index (Phi) is 7.41. The van der Waals surface area contributed by atoms with E-state index in [0.717, 1.165) is 66.5 Å². The first kappa shape index (κ1) is 23.1. The highest BCUT2D eigenvalue weighted by Gasteiger charge is 2.25. The molecule has 0 aromatic heterocycles. The molecule has 4 nitrogen and oxygen atoms in total. The molecule has 0 bridgehead atoms. The molecule has 6 heteroatoms. The number of nitrogens with zero attached hydrogens (tertiary/aromatic N) is 2. The number of alkyl halides is 1. The van der Waals surface area contributed by atoms with Gasteiger partial charge in [0, 0.05) is 24.4 Å². The molecule has 4 rings (SSSR count). The number of thioether (sulfide) groups is 1. The predicted octanol–water partition coefficient (Wildman–Crippen LogP) is 5.34. The predicted molar refractivity (Wildman–Crippen MR) is 130 cm³/mol. The van der Waals surface area contributed by atoms with Crippen LogP contribution in [-0.4, -0.2) is 65.8 Å². The fourth-order valence-corrected chi connectivity index (χ4v) is 5.31. The second kappa shape index (κ2) is 10.3. The molecule has 2 heterocycles. The summed E-state index contributed by atoms with van der Waals surface area (Å²) in [6.07, 6.45) is 2.10. The summed E-state index contributed by atoms with van der Waals surface area (Å²) in [5.74, 6) is 3.32. The first-order valence-corrected chi connectivity index (χ1v) is 12.6. The minimum absolute atomic E-state index is 0.115. The van der Waals surface area contributed by atoms with E-state index < -0.39 is 5.67 Å². The second-order valence-electron chi connectivity index (χ2n) is 9.46. The molecule has 0 N–H and O–H groups in total. The van der Waals surface area contributed by atoms with Crippen molar-refractivity contribution in [1.29, 1.82) is 0 Å². The molecule has 2 aromatic carbocycles. The fourth-order valence-electron chi connectivity index (χ4n) is 4.36. The Morgan fingerprint density at radius 1 is 1.03 bits per heavy atom. The van der Waals surface area contributed by atoms with Crippen molar-refractivity contribution in [2.24, 2.45) is 5.92 Å². The summed E-state index contributed by atoms with van der Waals surface area (Å²) in [6, 6.07) is 16.0. The molecule has 2 fully saturated rings. The third-order valence-electron chi connectivity index (χ3n) is 6.15. The van der Waals surface area contributed by atoms with Crippen molar-refractivity contribution in [2.45, 2.75) is 32.4 Å². The van der Waals surface area contributed by atoms with Crippen LogP contribution in [-0.2, 0) is 0 Å². The van der Waals surface area contributed by atoms with Gasteiger partial charge in [0.2, 0.25) is 0 Å². The van der Waals surface area contributed by atoms with Gasteiger partial charge in [0.05, 0.1) is 12.5 Å². The number of benzene rings is 2. The first-order chi connectivity index (χ1) is 15.4. The lowest BCUT2D eigenvalue weighted by molar-refractivity contribution is 0.0802. The minimum atomic E-state index is -1.13. The Balaban J connectivity index is 1.26. The Bertz CT molecular complexity index is 882. The Morgan fingerprint density at radius 3 is 2.22 bits per heavy atom. The molecule has 0 atom stereocenters. The zero-order valence-corrected chi connectivity index (χ0v) is 19.9. The molecule has 32 heavy (non-hydrogen) atoms. The van der Waals surface area contributed by atoms with E-state index in [-0.39, 0.29) is 5.91 Å². The average molecular weight is 457 g/mol. The summed E-state index contributed by atoms with van der Waals surface area (Å²) in [5.41, 5.74) is 1.81. The van der Waals surface area contributed by atoms with Gasteiger partial charge in [0.1, 0.15) is 11.4 Å². The highest BCUT2D eigenvalue weighted by Crippen LogP contribution is 2.26. The summed E-state index contributed by atoms with van der Waals surface area (Å²) >= 11 is 1.80. The molecule has 2 aliphatic rings. The van der Waals surface area contributed by atoms with E-state index in [4.69, 9.17) is 4.74 Å². The fraction of sp³-hybridized carbons (Fsp3) is 0.500. The van der Waals surface area contributed by atoms with E-state index >= 15 is 0 Å². The number of hydrogen-bond acceptors (Lipinski definition) is 4. The van der Waals surface area contributed by atoms with Crippen LogP contribution in [0.15, 0.2) is 48.5 Å². The summed E-state index contributed by atoms with van der Waals surface area (Å²) in [5, 5.41) is 0. The zero-order valence-electron chi connectivity index (χ0n) is 19.1. The highest BCUT2D eigenvalue weighted by molar-refractivity contribution is 7.99. The van der Waals surface area contributed by atoms with Crippen LogP contribution in [0.4, 0.5) is 4.39 Å². The van der Waals surface area contributed by atoms with Crippen molar-refractivity contribution in [3.63, 3.8) is 0 Å². The summed E-state index contributed by atoms with van der Waals surface area (Å²) in [4.78, 5) is 16.6. The van der Waals surface area contributed by atoms with Crippen LogP contribution in [0.25, 0.3) is 11.1 Å². The number of carbonyl (C=O) groups is 1. The van der Waals surface area contributed by atoms with Crippen molar-refractivity contribution in [3.8, 4) is 16.9 Å². The number of rotatable bonds is 7. The molecule has 0 aliphatic carbocycles. The van der Waals surface area contributed by atoms with Crippen molar-refractivity contribution < 1.29 is 13.9 Å². The van der Waals surface area contributed by atoms with Crippen molar-refractivity contribution >= 4 is 17.7 Å². The largest absolute Gasteiger partial charge is 0.493 e. The third kappa shape index (κ3) is 6.26. The lowest BCUT2D eigenvalue weighted by Crippen LogP contribution is -2.41. The summed E-state index contributed by atoms with van der Waals surface area (Å²) < 4.78 is 19.9. The molecule has 2 aromatic rings. The van der Waals surface area contributed by atoms with Crippen LogP contribution in [0, 0.1) is 5.92 Å². The van der Waals surface area contributed by atoms with E-state index in [1.807, 2.05) is 41.3 Å². The van der Waals surface area contributed by atoms with Crippen molar-refractivity contribution in [2.75, 3.05) is 44.4 Å². The van der Waals surface area contributed by atoms with Gasteiger partial charge in [-0.15, -0.1) is 11.8 Å². The quantitative estimate of drug-likeness (QED) is 0.563. The van der Waals surface area contributed by atoms with Gasteiger partial charge in [-0.2, -0.15) is 0 Å². The standard InChI is InChI=1S/C26H33FN2O2S/c1-26(2,27)18-28-13-11-20(12-14-28)17-31-24-9-7-22(8-10-24)21-3-5-23(6-4-21)25(30)29-15-16-32-19-29/h3-10,20H,11-19H2,1-2H3. The monoisotopic (exact) mass is 456 g/mol. The van der Waals surface area contributed by atoms with Crippen LogP contribution in [0.5, 0.6) is 5.75 Å². The number of amides is 1. The Labute approximate surface area is 195 Å². The second-order valence-corrected chi connectivity index (χ2v) is 10.5. The SMILES string of the molecule is CC(C)(F)CN1CCC(COc2ccc(-c3ccc(C(=O)N4CCSC4)cc3)cc2)CC1. The lowest BCUT2D eigenvalue weighted by Gasteiger charge is -2.34. The maximum absolute atomic E-state index is 13.8. The van der Waals surface area contributed by atoms with Gasteiger partial charge in [-0.05, 0) is 81.1 Å². The molecule has 0 radical (unpaired) electrons. The number of likely N-dealkylation sites (tertiary alicyclic amines) is 1. The maximum Gasteiger partial charge on any atom is 0.254 e. The van der Waals surface area contributed by atoms with Crippen LogP contribution < -0.4 is 4.74 Å². The highest BCUT2D eigenvalue weighted by atomic mass is 32.2. The molecule has 172 valence electrons. The average Bonchev–Trinajstić information content (AvgIpc) is 3.33. The number of hydrogen-bond donors (Lipinski definition) is 0. The van der Waals surface area contributed by atoms with Gasteiger partial charge in [-0.3, -0.25) is 4.79 Å². The van der Waals surface area contributed by atoms with Crippen LogP contribution in [0.1, 0.15) is 37.0 Å². The smallest absolute Gasteiger partial charge is 0.254 e. The van der Waals surface area contributed by atoms with Gasteiger partial charge in [0.15, 0.2) is 0 Å². The van der Waals surface area contributed by atoms with Crippen molar-refractivity contribution in [1.82, 2.24) is 9.80 Å². The van der Waals surface area contributed by atoms with Crippen LogP contribution in [0.3, 0.4) is 0 Å². The molecular formula is C26H33FN2O2S. The Morgan fingerprint density at radius 2 is 1.66 bits per heavy atom.